The van der Waals surface area contributed by atoms with Gasteiger partial charge in [0.15, 0.2) is 12.6 Å². The van der Waals surface area contributed by atoms with Crippen LogP contribution in [0.25, 0.3) is 0 Å². The molecule has 0 aliphatic carbocycles. The van der Waals surface area contributed by atoms with Crippen LogP contribution in [0.3, 0.4) is 0 Å². The Labute approximate surface area is 435 Å². The van der Waals surface area contributed by atoms with Crippen LogP contribution >= 0.6 is 0 Å². The first-order valence-electron chi connectivity index (χ1n) is 29.5. The standard InChI is InChI=1S/C56H109NO15/c1-3-5-7-9-11-13-15-17-18-19-20-21-22-23-24-26-28-30-32-34-36-38-44(61)54(68)57-42(47(62)43(60)37-35-33-31-29-27-25-16-14-12-10-8-6-4-2)41-69-56-53(51(66)49(64)46(40-59)71-56)72-55-52(67)50(65)48(63)45(39-58)70-55/h42-53,55-56,58-67H,3-41H2,1-2H3,(H,57,68). The van der Waals surface area contributed by atoms with Crippen molar-refractivity contribution in [2.75, 3.05) is 19.8 Å². The number of amides is 1. The Morgan fingerprint density at radius 3 is 1.19 bits per heavy atom. The number of unbranched alkanes of at least 4 members (excludes halogenated alkanes) is 32. The Balaban J connectivity index is 1.87. The molecular weight excluding hydrogens is 927 g/mol. The van der Waals surface area contributed by atoms with E-state index in [0.717, 1.165) is 51.4 Å². The van der Waals surface area contributed by atoms with Crippen LogP contribution in [-0.4, -0.2) is 163 Å². The summed E-state index contributed by atoms with van der Waals surface area (Å²) in [4.78, 5) is 13.4. The molecule has 72 heavy (non-hydrogen) atoms. The molecule has 2 fully saturated rings. The second kappa shape index (κ2) is 43.0. The molecule has 2 rings (SSSR count). The Kier molecular flexibility index (Phi) is 40.0. The zero-order chi connectivity index (χ0) is 52.8. The molecule has 2 saturated heterocycles. The van der Waals surface area contributed by atoms with E-state index >= 15 is 0 Å². The van der Waals surface area contributed by atoms with Crippen molar-refractivity contribution >= 4 is 5.91 Å². The van der Waals surface area contributed by atoms with Gasteiger partial charge in [0.05, 0.1) is 32.0 Å². The summed E-state index contributed by atoms with van der Waals surface area (Å²) in [6, 6.07) is -1.31. The summed E-state index contributed by atoms with van der Waals surface area (Å²) in [5, 5.41) is 109. The van der Waals surface area contributed by atoms with E-state index in [0.29, 0.717) is 12.8 Å². The number of aliphatic hydroxyl groups is 10. The van der Waals surface area contributed by atoms with Crippen LogP contribution < -0.4 is 5.32 Å². The number of ether oxygens (including phenoxy) is 4. The summed E-state index contributed by atoms with van der Waals surface area (Å²) in [7, 11) is 0. The number of hydrogen-bond acceptors (Lipinski definition) is 15. The summed E-state index contributed by atoms with van der Waals surface area (Å²) in [6.07, 6.45) is 20.6. The van der Waals surface area contributed by atoms with Crippen LogP contribution in [0.2, 0.25) is 0 Å². The van der Waals surface area contributed by atoms with Gasteiger partial charge in [-0.1, -0.05) is 232 Å². The topological polar surface area (TPSA) is 268 Å². The molecule has 0 aromatic rings. The lowest BCUT2D eigenvalue weighted by Crippen LogP contribution is -2.65. The summed E-state index contributed by atoms with van der Waals surface area (Å²) in [6.45, 7) is 2.42. The number of carbonyl (C=O) groups is 1. The molecule has 0 aromatic carbocycles. The molecule has 14 atom stereocenters. The second-order valence-electron chi connectivity index (χ2n) is 21.4. The molecule has 2 aliphatic heterocycles. The fraction of sp³-hybridized carbons (Fsp3) is 0.982. The molecular formula is C56H109NO15. The Morgan fingerprint density at radius 2 is 0.806 bits per heavy atom. The third-order valence-electron chi connectivity index (χ3n) is 15.0. The van der Waals surface area contributed by atoms with Gasteiger partial charge >= 0.3 is 0 Å². The maximum absolute atomic E-state index is 13.4. The fourth-order valence-corrected chi connectivity index (χ4v) is 10.1. The number of hydrogen-bond donors (Lipinski definition) is 11. The van der Waals surface area contributed by atoms with Crippen molar-refractivity contribution in [3.63, 3.8) is 0 Å². The lowest BCUT2D eigenvalue weighted by Gasteiger charge is -2.46. The SMILES string of the molecule is CCCCCCCCCCCCCCCCCCCCCCCC(O)C(=O)NC(COC1OC(CO)C(O)C(O)C1OC1OC(CO)C(O)C(O)C1O)C(O)C(O)CCCCCCCCCCCCCCC. The smallest absolute Gasteiger partial charge is 0.249 e. The first-order chi connectivity index (χ1) is 34.9. The van der Waals surface area contributed by atoms with E-state index in [9.17, 15) is 55.9 Å². The van der Waals surface area contributed by atoms with Crippen LogP contribution in [0.15, 0.2) is 0 Å². The van der Waals surface area contributed by atoms with Gasteiger partial charge in [0, 0.05) is 0 Å². The van der Waals surface area contributed by atoms with Crippen LogP contribution in [-0.2, 0) is 23.7 Å². The third kappa shape index (κ3) is 28.3. The maximum Gasteiger partial charge on any atom is 0.249 e. The van der Waals surface area contributed by atoms with E-state index in [1.807, 2.05) is 0 Å². The molecule has 2 heterocycles. The minimum Gasteiger partial charge on any atom is -0.394 e. The van der Waals surface area contributed by atoms with E-state index in [1.165, 1.54) is 154 Å². The third-order valence-corrected chi connectivity index (χ3v) is 15.0. The molecule has 2 aliphatic rings. The first kappa shape index (κ1) is 67.0. The molecule has 16 heteroatoms. The molecule has 0 bridgehead atoms. The van der Waals surface area contributed by atoms with E-state index in [-0.39, 0.29) is 12.8 Å². The lowest BCUT2D eigenvalue weighted by atomic mass is 9.97. The first-order valence-corrected chi connectivity index (χ1v) is 29.5. The summed E-state index contributed by atoms with van der Waals surface area (Å²) < 4.78 is 22.9. The van der Waals surface area contributed by atoms with Crippen molar-refractivity contribution in [1.29, 1.82) is 0 Å². The zero-order valence-corrected chi connectivity index (χ0v) is 45.2. The Bertz CT molecular complexity index is 1250. The van der Waals surface area contributed by atoms with E-state index < -0.39 is 111 Å². The van der Waals surface area contributed by atoms with Gasteiger partial charge in [-0.25, -0.2) is 0 Å². The van der Waals surface area contributed by atoms with Crippen molar-refractivity contribution in [3.8, 4) is 0 Å². The van der Waals surface area contributed by atoms with Crippen LogP contribution in [0, 0.1) is 0 Å². The minimum atomic E-state index is -1.87. The van der Waals surface area contributed by atoms with Crippen LogP contribution in [0.5, 0.6) is 0 Å². The Hall–Kier alpha value is -1.09. The normalized spacial score (nSPS) is 26.4. The number of nitrogens with one attached hydrogen (secondary N) is 1. The van der Waals surface area contributed by atoms with Crippen LogP contribution in [0.1, 0.15) is 245 Å². The number of rotatable bonds is 47. The zero-order valence-electron chi connectivity index (χ0n) is 45.2. The predicted molar refractivity (Wildman–Crippen MR) is 280 cm³/mol. The summed E-state index contributed by atoms with van der Waals surface area (Å²) in [5.74, 6) is -0.772. The average molecular weight is 1040 g/mol. The molecule has 0 saturated carbocycles. The highest BCUT2D eigenvalue weighted by atomic mass is 16.8. The maximum atomic E-state index is 13.4. The molecule has 14 unspecified atom stereocenters. The monoisotopic (exact) mass is 1040 g/mol. The average Bonchev–Trinajstić information content (AvgIpc) is 3.38. The van der Waals surface area contributed by atoms with Gasteiger partial charge in [-0.05, 0) is 12.8 Å². The van der Waals surface area contributed by atoms with Gasteiger partial charge in [-0.15, -0.1) is 0 Å². The van der Waals surface area contributed by atoms with E-state index in [4.69, 9.17) is 18.9 Å². The molecule has 428 valence electrons. The highest BCUT2D eigenvalue weighted by Crippen LogP contribution is 2.30. The number of aliphatic hydroxyl groups excluding tert-OH is 10. The fourth-order valence-electron chi connectivity index (χ4n) is 10.1. The van der Waals surface area contributed by atoms with Crippen molar-refractivity contribution in [2.24, 2.45) is 0 Å². The highest BCUT2D eigenvalue weighted by molar-refractivity contribution is 5.80. The molecule has 1 amide bonds. The van der Waals surface area contributed by atoms with E-state index in [1.54, 1.807) is 0 Å². The van der Waals surface area contributed by atoms with Gasteiger partial charge in [0.25, 0.3) is 0 Å². The van der Waals surface area contributed by atoms with Gasteiger partial charge < -0.3 is 75.3 Å². The van der Waals surface area contributed by atoms with Gasteiger partial charge in [-0.2, -0.15) is 0 Å². The quantitative estimate of drug-likeness (QED) is 0.0268. The summed E-state index contributed by atoms with van der Waals surface area (Å²) in [5.41, 5.74) is 0. The van der Waals surface area contributed by atoms with Crippen molar-refractivity contribution in [2.45, 2.75) is 331 Å². The van der Waals surface area contributed by atoms with Crippen molar-refractivity contribution in [3.05, 3.63) is 0 Å². The lowest BCUT2D eigenvalue weighted by molar-refractivity contribution is -0.368. The second-order valence-corrected chi connectivity index (χ2v) is 21.4. The molecule has 0 spiro atoms. The minimum absolute atomic E-state index is 0.194. The van der Waals surface area contributed by atoms with Gasteiger partial charge in [0.2, 0.25) is 5.91 Å². The van der Waals surface area contributed by atoms with E-state index in [2.05, 4.69) is 19.2 Å². The van der Waals surface area contributed by atoms with Crippen LogP contribution in [0.4, 0.5) is 0 Å². The highest BCUT2D eigenvalue weighted by Gasteiger charge is 2.51. The summed E-state index contributed by atoms with van der Waals surface area (Å²) >= 11 is 0. The Morgan fingerprint density at radius 1 is 0.458 bits per heavy atom. The van der Waals surface area contributed by atoms with Crippen molar-refractivity contribution < 1.29 is 74.8 Å². The molecule has 11 N–H and O–H groups in total. The largest absolute Gasteiger partial charge is 0.394 e. The van der Waals surface area contributed by atoms with Gasteiger partial charge in [-0.3, -0.25) is 4.79 Å². The van der Waals surface area contributed by atoms with Gasteiger partial charge in [0.1, 0.15) is 61.0 Å². The predicted octanol–water partition coefficient (Wildman–Crippen LogP) is 7.28. The van der Waals surface area contributed by atoms with Crippen molar-refractivity contribution in [1.82, 2.24) is 5.32 Å². The molecule has 0 radical (unpaired) electrons. The molecule has 16 nitrogen and oxygen atoms in total. The number of carbonyl (C=O) groups excluding carboxylic acids is 1. The molecule has 0 aromatic heterocycles.